The predicted molar refractivity (Wildman–Crippen MR) is 70.4 cm³/mol. The lowest BCUT2D eigenvalue weighted by Crippen LogP contribution is -2.09. The number of benzene rings is 1. The van der Waals surface area contributed by atoms with Crippen molar-refractivity contribution in [1.82, 2.24) is 0 Å². The summed E-state index contributed by atoms with van der Waals surface area (Å²) in [5, 5.41) is 0. The highest BCUT2D eigenvalue weighted by Gasteiger charge is 2.08. The van der Waals surface area contributed by atoms with Crippen molar-refractivity contribution in [3.8, 4) is 0 Å². The highest BCUT2D eigenvalue weighted by Crippen LogP contribution is 2.18. The summed E-state index contributed by atoms with van der Waals surface area (Å²) in [6, 6.07) is 8.77. The van der Waals surface area contributed by atoms with E-state index in [1.807, 2.05) is 0 Å². The van der Waals surface area contributed by atoms with Gasteiger partial charge in [0.1, 0.15) is 0 Å². The molecule has 13 heavy (non-hydrogen) atoms. The van der Waals surface area contributed by atoms with Gasteiger partial charge in [-0.3, -0.25) is 0 Å². The van der Waals surface area contributed by atoms with Crippen LogP contribution in [0.2, 0.25) is 0 Å². The van der Waals surface area contributed by atoms with Crippen molar-refractivity contribution in [2.75, 3.05) is 0 Å². The largest absolute Gasteiger partial charge is 0.0891 e. The van der Waals surface area contributed by atoms with Gasteiger partial charge < -0.3 is 0 Å². The third-order valence-electron chi connectivity index (χ3n) is 2.26. The molecular weight excluding hydrogens is 339 g/mol. The Labute approximate surface area is 102 Å². The molecule has 2 atom stereocenters. The van der Waals surface area contributed by atoms with E-state index in [0.29, 0.717) is 10.7 Å². The molecule has 0 saturated heterocycles. The Morgan fingerprint density at radius 1 is 1.23 bits per heavy atom. The summed E-state index contributed by atoms with van der Waals surface area (Å²) >= 11 is 5.94. The zero-order chi connectivity index (χ0) is 9.84. The van der Waals surface area contributed by atoms with E-state index in [-0.39, 0.29) is 0 Å². The summed E-state index contributed by atoms with van der Waals surface area (Å²) in [7, 11) is 0. The van der Waals surface area contributed by atoms with Crippen LogP contribution < -0.4 is 0 Å². The number of hydrogen-bond acceptors (Lipinski definition) is 0. The van der Waals surface area contributed by atoms with Gasteiger partial charge in [0.05, 0.1) is 0 Å². The molecule has 0 N–H and O–H groups in total. The second-order valence-corrected chi connectivity index (χ2v) is 6.18. The van der Waals surface area contributed by atoms with Crippen LogP contribution in [0.4, 0.5) is 0 Å². The standard InChI is InChI=1S/C11H14BrI/c1-8(9(2)12)7-10-3-5-11(13)6-4-10/h3-6,8-9H,7H2,1-2H3. The van der Waals surface area contributed by atoms with E-state index in [4.69, 9.17) is 0 Å². The normalized spacial score (nSPS) is 15.4. The van der Waals surface area contributed by atoms with Crippen molar-refractivity contribution in [1.29, 1.82) is 0 Å². The first-order valence-corrected chi connectivity index (χ1v) is 6.47. The maximum absolute atomic E-state index is 3.61. The Kier molecular flexibility index (Phi) is 4.73. The molecule has 1 aromatic rings. The molecule has 2 heteroatoms. The van der Waals surface area contributed by atoms with E-state index in [1.54, 1.807) is 0 Å². The predicted octanol–water partition coefficient (Wildman–Crippen LogP) is 4.25. The Hall–Kier alpha value is 0.430. The van der Waals surface area contributed by atoms with E-state index in [1.165, 1.54) is 9.13 Å². The van der Waals surface area contributed by atoms with Crippen LogP contribution in [0.5, 0.6) is 0 Å². The van der Waals surface area contributed by atoms with Crippen LogP contribution in [0.3, 0.4) is 0 Å². The minimum absolute atomic E-state index is 0.590. The monoisotopic (exact) mass is 352 g/mol. The fourth-order valence-electron chi connectivity index (χ4n) is 1.15. The molecule has 0 aliphatic rings. The molecule has 0 fully saturated rings. The summed E-state index contributed by atoms with van der Waals surface area (Å²) < 4.78 is 1.31. The Balaban J connectivity index is 2.59. The highest BCUT2D eigenvalue weighted by molar-refractivity contribution is 14.1. The van der Waals surface area contributed by atoms with Crippen molar-refractivity contribution in [3.63, 3.8) is 0 Å². The van der Waals surface area contributed by atoms with E-state index >= 15 is 0 Å². The quantitative estimate of drug-likeness (QED) is 0.563. The van der Waals surface area contributed by atoms with Crippen LogP contribution in [0.1, 0.15) is 19.4 Å². The van der Waals surface area contributed by atoms with Gasteiger partial charge in [0.25, 0.3) is 0 Å². The second-order valence-electron chi connectivity index (χ2n) is 3.49. The van der Waals surface area contributed by atoms with Crippen molar-refractivity contribution in [2.24, 2.45) is 5.92 Å². The molecule has 0 radical (unpaired) electrons. The molecule has 0 aliphatic heterocycles. The lowest BCUT2D eigenvalue weighted by molar-refractivity contribution is 0.581. The van der Waals surface area contributed by atoms with E-state index in [9.17, 15) is 0 Å². The Bertz CT molecular complexity index is 253. The number of alkyl halides is 1. The van der Waals surface area contributed by atoms with Gasteiger partial charge in [-0.2, -0.15) is 0 Å². The van der Waals surface area contributed by atoms with E-state index < -0.39 is 0 Å². The van der Waals surface area contributed by atoms with Gasteiger partial charge >= 0.3 is 0 Å². The van der Waals surface area contributed by atoms with Gasteiger partial charge in [0, 0.05) is 8.40 Å². The summed E-state index contributed by atoms with van der Waals surface area (Å²) in [6.45, 7) is 4.48. The van der Waals surface area contributed by atoms with Crippen LogP contribution >= 0.6 is 38.5 Å². The Morgan fingerprint density at radius 3 is 2.23 bits per heavy atom. The maximum atomic E-state index is 3.61. The zero-order valence-corrected chi connectivity index (χ0v) is 11.7. The van der Waals surface area contributed by atoms with Gasteiger partial charge in [-0.05, 0) is 52.6 Å². The maximum Gasteiger partial charge on any atom is 0.0146 e. The van der Waals surface area contributed by atoms with Crippen molar-refractivity contribution < 1.29 is 0 Å². The van der Waals surface area contributed by atoms with Crippen LogP contribution in [0.15, 0.2) is 24.3 Å². The first kappa shape index (κ1) is 11.5. The van der Waals surface area contributed by atoms with Gasteiger partial charge in [-0.1, -0.05) is 41.9 Å². The molecule has 1 aromatic carbocycles. The SMILES string of the molecule is CC(Br)C(C)Cc1ccc(I)cc1. The molecule has 1 rings (SSSR count). The fourth-order valence-corrected chi connectivity index (χ4v) is 1.70. The molecule has 0 aliphatic carbocycles. The molecule has 0 nitrogen and oxygen atoms in total. The smallest absolute Gasteiger partial charge is 0.0146 e. The zero-order valence-electron chi connectivity index (χ0n) is 7.93. The highest BCUT2D eigenvalue weighted by atomic mass is 127. The molecule has 0 aromatic heterocycles. The van der Waals surface area contributed by atoms with Crippen LogP contribution in [-0.2, 0) is 6.42 Å². The van der Waals surface area contributed by atoms with Crippen molar-refractivity contribution in [3.05, 3.63) is 33.4 Å². The average molecular weight is 353 g/mol. The number of halogens is 2. The number of hydrogen-bond donors (Lipinski definition) is 0. The number of rotatable bonds is 3. The van der Waals surface area contributed by atoms with Crippen LogP contribution in [0, 0.1) is 9.49 Å². The lowest BCUT2D eigenvalue weighted by atomic mass is 9.99. The van der Waals surface area contributed by atoms with Crippen molar-refractivity contribution >= 4 is 38.5 Å². The molecule has 0 amide bonds. The van der Waals surface area contributed by atoms with Gasteiger partial charge in [0.2, 0.25) is 0 Å². The van der Waals surface area contributed by atoms with Crippen LogP contribution in [-0.4, -0.2) is 4.83 Å². The minimum Gasteiger partial charge on any atom is -0.0891 e. The van der Waals surface area contributed by atoms with E-state index in [2.05, 4.69) is 76.6 Å². The minimum atomic E-state index is 0.590. The summed E-state index contributed by atoms with van der Waals surface area (Å²) in [5.74, 6) is 0.695. The summed E-state index contributed by atoms with van der Waals surface area (Å²) in [6.07, 6.45) is 1.16. The molecular formula is C11H14BrI. The molecule has 0 heterocycles. The summed E-state index contributed by atoms with van der Waals surface area (Å²) in [5.41, 5.74) is 1.43. The summed E-state index contributed by atoms with van der Waals surface area (Å²) in [4.78, 5) is 0.590. The lowest BCUT2D eigenvalue weighted by Gasteiger charge is -2.13. The molecule has 2 unspecified atom stereocenters. The molecule has 0 bridgehead atoms. The average Bonchev–Trinajstić information content (AvgIpc) is 2.08. The third kappa shape index (κ3) is 3.98. The molecule has 0 saturated carbocycles. The van der Waals surface area contributed by atoms with Gasteiger partial charge in [-0.25, -0.2) is 0 Å². The van der Waals surface area contributed by atoms with E-state index in [0.717, 1.165) is 6.42 Å². The first-order valence-electron chi connectivity index (χ1n) is 4.48. The van der Waals surface area contributed by atoms with Gasteiger partial charge in [0.15, 0.2) is 0 Å². The van der Waals surface area contributed by atoms with Gasteiger partial charge in [-0.15, -0.1) is 0 Å². The third-order valence-corrected chi connectivity index (χ3v) is 3.88. The fraction of sp³-hybridized carbons (Fsp3) is 0.455. The molecule has 0 spiro atoms. The van der Waals surface area contributed by atoms with Crippen LogP contribution in [0.25, 0.3) is 0 Å². The topological polar surface area (TPSA) is 0 Å². The molecule has 72 valence electrons. The van der Waals surface area contributed by atoms with Crippen molar-refractivity contribution in [2.45, 2.75) is 25.1 Å². The second kappa shape index (κ2) is 5.35. The Morgan fingerprint density at radius 2 is 1.77 bits per heavy atom. The first-order chi connectivity index (χ1) is 6.09.